The Morgan fingerprint density at radius 2 is 1.80 bits per heavy atom. The van der Waals surface area contributed by atoms with Gasteiger partial charge in [0, 0.05) is 17.0 Å². The molecule has 2 aliphatic heterocycles. The number of cyclic esters (lactones) is 1. The van der Waals surface area contributed by atoms with Crippen molar-refractivity contribution in [2.24, 2.45) is 22.7 Å². The number of hydrogen-bond acceptors (Lipinski definition) is 5. The topological polar surface area (TPSA) is 65.0 Å². The maximum absolute atomic E-state index is 12.5. The van der Waals surface area contributed by atoms with E-state index in [2.05, 4.69) is 27.7 Å². The second kappa shape index (κ2) is 6.15. The zero-order chi connectivity index (χ0) is 21.6. The van der Waals surface area contributed by atoms with Crippen LogP contribution in [0.2, 0.25) is 0 Å². The summed E-state index contributed by atoms with van der Waals surface area (Å²) in [6.07, 6.45) is 4.43. The van der Waals surface area contributed by atoms with Crippen molar-refractivity contribution in [2.45, 2.75) is 85.0 Å². The van der Waals surface area contributed by atoms with E-state index >= 15 is 0 Å². The molecule has 5 heteroatoms. The fourth-order valence-corrected chi connectivity index (χ4v) is 7.60. The van der Waals surface area contributed by atoms with Gasteiger partial charge in [-0.3, -0.25) is 0 Å². The standard InChI is InChI=1S/C25H34O5/c1-13-15-12-29-22(27)19(15)21(28-6)14-11-17-24(4)9-8-18(26)23(2,3)16(24)7-10-25(17,5)30-20(13)14/h16-18,26H,7-12H2,1-6H3. The number of ether oxygens (including phenoxy) is 3. The predicted molar refractivity (Wildman–Crippen MR) is 113 cm³/mol. The molecule has 5 unspecified atom stereocenters. The first-order valence-electron chi connectivity index (χ1n) is 11.3. The van der Waals surface area contributed by atoms with Crippen molar-refractivity contribution in [2.75, 3.05) is 7.11 Å². The number of esters is 1. The van der Waals surface area contributed by atoms with Crippen LogP contribution < -0.4 is 9.47 Å². The van der Waals surface area contributed by atoms with Crippen molar-refractivity contribution < 1.29 is 24.1 Å². The molecule has 2 heterocycles. The average molecular weight is 415 g/mol. The van der Waals surface area contributed by atoms with E-state index in [4.69, 9.17) is 14.2 Å². The lowest BCUT2D eigenvalue weighted by molar-refractivity contribution is -0.191. The number of aliphatic hydroxyl groups excluding tert-OH is 1. The second-order valence-electron chi connectivity index (χ2n) is 11.0. The van der Waals surface area contributed by atoms with Crippen molar-refractivity contribution in [3.05, 3.63) is 22.3 Å². The molecular weight excluding hydrogens is 380 g/mol. The third-order valence-corrected chi connectivity index (χ3v) is 9.34. The Hall–Kier alpha value is -1.75. The number of hydrogen-bond donors (Lipinski definition) is 1. The van der Waals surface area contributed by atoms with Crippen LogP contribution in [0.25, 0.3) is 0 Å². The van der Waals surface area contributed by atoms with Gasteiger partial charge in [-0.25, -0.2) is 4.79 Å². The molecule has 164 valence electrons. The Morgan fingerprint density at radius 1 is 1.07 bits per heavy atom. The number of benzene rings is 1. The summed E-state index contributed by atoms with van der Waals surface area (Å²) in [6.45, 7) is 11.5. The van der Waals surface area contributed by atoms with Crippen LogP contribution in [0.1, 0.15) is 80.4 Å². The Bertz CT molecular complexity index is 934. The van der Waals surface area contributed by atoms with Gasteiger partial charge in [0.1, 0.15) is 29.3 Å². The Morgan fingerprint density at radius 3 is 2.50 bits per heavy atom. The number of aliphatic hydroxyl groups is 1. The second-order valence-corrected chi connectivity index (χ2v) is 11.0. The molecule has 0 bridgehead atoms. The van der Waals surface area contributed by atoms with Gasteiger partial charge in [-0.2, -0.15) is 0 Å². The number of carbonyl (C=O) groups excluding carboxylic acids is 1. The third kappa shape index (κ3) is 2.36. The van der Waals surface area contributed by atoms with Crippen LogP contribution in [0.3, 0.4) is 0 Å². The van der Waals surface area contributed by atoms with Gasteiger partial charge in [0.2, 0.25) is 0 Å². The summed E-state index contributed by atoms with van der Waals surface area (Å²) in [4.78, 5) is 12.5. The molecule has 2 aliphatic carbocycles. The summed E-state index contributed by atoms with van der Waals surface area (Å²) in [5, 5.41) is 10.8. The largest absolute Gasteiger partial charge is 0.495 e. The summed E-state index contributed by atoms with van der Waals surface area (Å²) in [7, 11) is 1.64. The fraction of sp³-hybridized carbons (Fsp3) is 0.720. The van der Waals surface area contributed by atoms with E-state index < -0.39 is 0 Å². The van der Waals surface area contributed by atoms with E-state index in [1.807, 2.05) is 6.92 Å². The molecule has 1 aromatic carbocycles. The molecule has 2 fully saturated rings. The van der Waals surface area contributed by atoms with Gasteiger partial charge in [0.25, 0.3) is 0 Å². The van der Waals surface area contributed by atoms with Crippen LogP contribution in [-0.2, 0) is 17.8 Å². The third-order valence-electron chi connectivity index (χ3n) is 9.34. The quantitative estimate of drug-likeness (QED) is 0.682. The molecule has 0 radical (unpaired) electrons. The van der Waals surface area contributed by atoms with Gasteiger partial charge in [-0.15, -0.1) is 0 Å². The van der Waals surface area contributed by atoms with Crippen LogP contribution in [0.15, 0.2) is 0 Å². The molecule has 0 amide bonds. The van der Waals surface area contributed by atoms with E-state index in [1.54, 1.807) is 7.11 Å². The predicted octanol–water partition coefficient (Wildman–Crippen LogP) is 4.58. The van der Waals surface area contributed by atoms with Crippen molar-refractivity contribution in [3.63, 3.8) is 0 Å². The van der Waals surface area contributed by atoms with Gasteiger partial charge >= 0.3 is 5.97 Å². The summed E-state index contributed by atoms with van der Waals surface area (Å²) in [6, 6.07) is 0. The van der Waals surface area contributed by atoms with Crippen molar-refractivity contribution >= 4 is 5.97 Å². The summed E-state index contributed by atoms with van der Waals surface area (Å²) < 4.78 is 18.0. The maximum atomic E-state index is 12.5. The monoisotopic (exact) mass is 414 g/mol. The normalized spacial score (nSPS) is 38.5. The molecule has 2 saturated carbocycles. The minimum absolute atomic E-state index is 0.0614. The summed E-state index contributed by atoms with van der Waals surface area (Å²) >= 11 is 0. The van der Waals surface area contributed by atoms with Crippen molar-refractivity contribution in [1.29, 1.82) is 0 Å². The van der Waals surface area contributed by atoms with Crippen molar-refractivity contribution in [3.8, 4) is 11.5 Å². The minimum Gasteiger partial charge on any atom is -0.495 e. The van der Waals surface area contributed by atoms with Gasteiger partial charge in [-0.1, -0.05) is 20.8 Å². The smallest absolute Gasteiger partial charge is 0.342 e. The highest BCUT2D eigenvalue weighted by Gasteiger charge is 2.62. The van der Waals surface area contributed by atoms with Gasteiger partial charge < -0.3 is 19.3 Å². The SMILES string of the molecule is COc1c2c(c(C)c3c1C(=O)OC3)OC1(C)CCC3C(C)(C)C(O)CCC3(C)C1C2. The lowest BCUT2D eigenvalue weighted by Gasteiger charge is -2.64. The van der Waals surface area contributed by atoms with Crippen molar-refractivity contribution in [1.82, 2.24) is 0 Å². The van der Waals surface area contributed by atoms with E-state index in [-0.39, 0.29) is 28.5 Å². The summed E-state index contributed by atoms with van der Waals surface area (Å²) in [5.41, 5.74) is 3.20. The molecule has 1 aromatic rings. The highest BCUT2D eigenvalue weighted by Crippen LogP contribution is 2.65. The highest BCUT2D eigenvalue weighted by atomic mass is 16.5. The van der Waals surface area contributed by atoms with Crippen LogP contribution in [0.5, 0.6) is 11.5 Å². The molecule has 4 aliphatic rings. The van der Waals surface area contributed by atoms with Crippen LogP contribution in [0.4, 0.5) is 0 Å². The lowest BCUT2D eigenvalue weighted by Crippen LogP contribution is -2.63. The number of rotatable bonds is 1. The Balaban J connectivity index is 1.66. The van der Waals surface area contributed by atoms with E-state index in [0.29, 0.717) is 29.8 Å². The lowest BCUT2D eigenvalue weighted by atomic mass is 9.44. The van der Waals surface area contributed by atoms with E-state index in [0.717, 1.165) is 54.5 Å². The van der Waals surface area contributed by atoms with Crippen LogP contribution in [0, 0.1) is 29.6 Å². The summed E-state index contributed by atoms with van der Waals surface area (Å²) in [5.74, 6) is 1.96. The molecule has 5 nitrogen and oxygen atoms in total. The number of methoxy groups -OCH3 is 1. The zero-order valence-electron chi connectivity index (χ0n) is 19.1. The molecule has 0 aromatic heterocycles. The Labute approximate surface area is 179 Å². The van der Waals surface area contributed by atoms with Gasteiger partial charge in [0.15, 0.2) is 0 Å². The van der Waals surface area contributed by atoms with E-state index in [9.17, 15) is 9.90 Å². The molecule has 0 saturated heterocycles. The Kier molecular flexibility index (Phi) is 4.14. The molecule has 1 N–H and O–H groups in total. The highest BCUT2D eigenvalue weighted by molar-refractivity contribution is 5.98. The number of carbonyl (C=O) groups is 1. The molecule has 5 rings (SSSR count). The number of fused-ring (bicyclic) bond motifs is 5. The zero-order valence-corrected chi connectivity index (χ0v) is 19.1. The van der Waals surface area contributed by atoms with Gasteiger partial charge in [0.05, 0.1) is 13.2 Å². The first kappa shape index (κ1) is 20.2. The van der Waals surface area contributed by atoms with E-state index in [1.165, 1.54) is 0 Å². The maximum Gasteiger partial charge on any atom is 0.342 e. The first-order chi connectivity index (χ1) is 14.0. The fourth-order valence-electron chi connectivity index (χ4n) is 7.60. The minimum atomic E-state index is -0.296. The molecular formula is C25H34O5. The first-order valence-corrected chi connectivity index (χ1v) is 11.3. The molecule has 5 atom stereocenters. The molecule has 30 heavy (non-hydrogen) atoms. The van der Waals surface area contributed by atoms with Crippen LogP contribution in [-0.4, -0.2) is 29.9 Å². The average Bonchev–Trinajstić information content (AvgIpc) is 3.07. The molecule has 0 spiro atoms. The van der Waals surface area contributed by atoms with Gasteiger partial charge in [-0.05, 0) is 68.3 Å². The van der Waals surface area contributed by atoms with Crippen LogP contribution >= 0.6 is 0 Å².